The molecule has 1 amide bonds. The Kier molecular flexibility index (Phi) is 4.21. The largest absolute Gasteiger partial charge is 0.483 e. The summed E-state index contributed by atoms with van der Waals surface area (Å²) in [6.45, 7) is 0. The molecular formula is C11H7Br2F2N3O2. The van der Waals surface area contributed by atoms with E-state index in [0.717, 1.165) is 0 Å². The van der Waals surface area contributed by atoms with Crippen molar-refractivity contribution in [2.24, 2.45) is 5.84 Å². The second kappa shape index (κ2) is 5.58. The molecule has 1 aromatic heterocycles. The fourth-order valence-corrected chi connectivity index (χ4v) is 2.86. The summed E-state index contributed by atoms with van der Waals surface area (Å²) in [6.07, 6.45) is -2.69. The van der Waals surface area contributed by atoms with Gasteiger partial charge in [-0.2, -0.15) is 8.78 Å². The molecule has 2 aromatic rings. The van der Waals surface area contributed by atoms with Crippen molar-refractivity contribution in [2.75, 3.05) is 0 Å². The SMILES string of the molecule is NNC(=O)C(F)(F)Oc1c(Br)cc(Br)c2cccnc12. The van der Waals surface area contributed by atoms with E-state index in [0.29, 0.717) is 9.86 Å². The number of hydrazine groups is 1. The fourth-order valence-electron chi connectivity index (χ4n) is 1.50. The van der Waals surface area contributed by atoms with Crippen LogP contribution in [0.4, 0.5) is 8.78 Å². The summed E-state index contributed by atoms with van der Waals surface area (Å²) in [7, 11) is 0. The van der Waals surface area contributed by atoms with E-state index < -0.39 is 12.0 Å². The van der Waals surface area contributed by atoms with Gasteiger partial charge in [0.1, 0.15) is 5.52 Å². The number of hydrogen-bond donors (Lipinski definition) is 2. The van der Waals surface area contributed by atoms with Crippen molar-refractivity contribution in [3.63, 3.8) is 0 Å². The van der Waals surface area contributed by atoms with Crippen molar-refractivity contribution < 1.29 is 18.3 Å². The van der Waals surface area contributed by atoms with Gasteiger partial charge in [0.05, 0.1) is 4.47 Å². The summed E-state index contributed by atoms with van der Waals surface area (Å²) in [4.78, 5) is 15.0. The number of amides is 1. The molecule has 20 heavy (non-hydrogen) atoms. The van der Waals surface area contributed by atoms with Crippen molar-refractivity contribution in [3.8, 4) is 5.75 Å². The minimum atomic E-state index is -4.12. The molecule has 0 aliphatic heterocycles. The number of rotatable bonds is 3. The number of pyridine rings is 1. The number of carbonyl (C=O) groups is 1. The Labute approximate surface area is 128 Å². The van der Waals surface area contributed by atoms with E-state index in [9.17, 15) is 13.6 Å². The number of nitrogens with one attached hydrogen (secondary N) is 1. The van der Waals surface area contributed by atoms with Gasteiger partial charge in [0.2, 0.25) is 0 Å². The van der Waals surface area contributed by atoms with E-state index in [1.807, 2.05) is 0 Å². The molecule has 0 fully saturated rings. The number of nitrogens with two attached hydrogens (primary N) is 1. The normalized spacial score (nSPS) is 11.4. The number of hydrogen-bond acceptors (Lipinski definition) is 4. The van der Waals surface area contributed by atoms with Gasteiger partial charge in [-0.15, -0.1) is 0 Å². The summed E-state index contributed by atoms with van der Waals surface area (Å²) in [6, 6.07) is 4.85. The topological polar surface area (TPSA) is 77.2 Å². The van der Waals surface area contributed by atoms with Gasteiger partial charge in [0, 0.05) is 16.1 Å². The second-order valence-corrected chi connectivity index (χ2v) is 5.37. The molecule has 0 bridgehead atoms. The van der Waals surface area contributed by atoms with Gasteiger partial charge in [-0.05, 0) is 28.1 Å². The zero-order chi connectivity index (χ0) is 14.9. The average Bonchev–Trinajstić information content (AvgIpc) is 2.42. The molecule has 1 aromatic carbocycles. The van der Waals surface area contributed by atoms with Gasteiger partial charge < -0.3 is 4.74 Å². The van der Waals surface area contributed by atoms with Crippen LogP contribution in [0.15, 0.2) is 33.3 Å². The van der Waals surface area contributed by atoms with E-state index in [2.05, 4.69) is 41.6 Å². The minimum absolute atomic E-state index is 0.179. The van der Waals surface area contributed by atoms with E-state index in [1.54, 1.807) is 12.1 Å². The maximum Gasteiger partial charge on any atom is 0.483 e. The molecule has 5 nitrogen and oxygen atoms in total. The first-order chi connectivity index (χ1) is 9.36. The van der Waals surface area contributed by atoms with Crippen LogP contribution in [0.25, 0.3) is 10.9 Å². The quantitative estimate of drug-likeness (QED) is 0.463. The second-order valence-electron chi connectivity index (χ2n) is 3.66. The zero-order valence-electron chi connectivity index (χ0n) is 9.66. The molecule has 0 radical (unpaired) electrons. The van der Waals surface area contributed by atoms with Gasteiger partial charge >= 0.3 is 12.0 Å². The summed E-state index contributed by atoms with van der Waals surface area (Å²) in [5, 5.41) is 0.564. The lowest BCUT2D eigenvalue weighted by Crippen LogP contribution is -2.47. The van der Waals surface area contributed by atoms with Crippen molar-refractivity contribution >= 4 is 48.7 Å². The van der Waals surface area contributed by atoms with Crippen molar-refractivity contribution in [1.82, 2.24) is 10.4 Å². The highest BCUT2D eigenvalue weighted by atomic mass is 79.9. The molecule has 0 saturated carbocycles. The molecule has 2 rings (SSSR count). The van der Waals surface area contributed by atoms with Gasteiger partial charge in [-0.3, -0.25) is 15.2 Å². The van der Waals surface area contributed by atoms with Gasteiger partial charge in [0.15, 0.2) is 5.75 Å². The summed E-state index contributed by atoms with van der Waals surface area (Å²) < 4.78 is 32.4. The molecular weight excluding hydrogens is 404 g/mol. The summed E-state index contributed by atoms with van der Waals surface area (Å²) in [5.74, 6) is 2.69. The van der Waals surface area contributed by atoms with E-state index in [1.165, 1.54) is 17.7 Å². The zero-order valence-corrected chi connectivity index (χ0v) is 12.8. The lowest BCUT2D eigenvalue weighted by molar-refractivity contribution is -0.192. The first-order valence-corrected chi connectivity index (χ1v) is 6.76. The molecule has 0 atom stereocenters. The van der Waals surface area contributed by atoms with Gasteiger partial charge in [-0.1, -0.05) is 22.0 Å². The standard InChI is InChI=1S/C11H7Br2F2N3O2/c12-6-4-7(13)9(8-5(6)2-1-3-17-8)20-11(14,15)10(19)18-16/h1-4H,16H2,(H,18,19). The number of benzene rings is 1. The van der Waals surface area contributed by atoms with Crippen LogP contribution >= 0.6 is 31.9 Å². The van der Waals surface area contributed by atoms with Crippen molar-refractivity contribution in [3.05, 3.63) is 33.3 Å². The average molecular weight is 411 g/mol. The maximum absolute atomic E-state index is 13.5. The minimum Gasteiger partial charge on any atom is -0.422 e. The Morgan fingerprint density at radius 3 is 2.75 bits per heavy atom. The van der Waals surface area contributed by atoms with Gasteiger partial charge in [0.25, 0.3) is 0 Å². The van der Waals surface area contributed by atoms with Crippen LogP contribution in [-0.4, -0.2) is 17.0 Å². The Balaban J connectivity index is 2.58. The van der Waals surface area contributed by atoms with Gasteiger partial charge in [-0.25, -0.2) is 5.84 Å². The Morgan fingerprint density at radius 1 is 1.40 bits per heavy atom. The molecule has 0 unspecified atom stereocenters. The predicted octanol–water partition coefficient (Wildman–Crippen LogP) is 2.72. The molecule has 0 saturated heterocycles. The molecule has 9 heteroatoms. The smallest absolute Gasteiger partial charge is 0.422 e. The Bertz CT molecular complexity index is 682. The molecule has 1 heterocycles. The highest BCUT2D eigenvalue weighted by Crippen LogP contribution is 2.39. The molecule has 0 aliphatic carbocycles. The van der Waals surface area contributed by atoms with Crippen LogP contribution < -0.4 is 16.0 Å². The predicted molar refractivity (Wildman–Crippen MR) is 75.0 cm³/mol. The van der Waals surface area contributed by atoms with Crippen molar-refractivity contribution in [2.45, 2.75) is 6.11 Å². The van der Waals surface area contributed by atoms with E-state index >= 15 is 0 Å². The number of aromatic nitrogens is 1. The summed E-state index contributed by atoms with van der Waals surface area (Å²) in [5.41, 5.74) is 1.52. The van der Waals surface area contributed by atoms with Crippen LogP contribution in [0, 0.1) is 0 Å². The number of halogens is 4. The monoisotopic (exact) mass is 409 g/mol. The van der Waals surface area contributed by atoms with Crippen LogP contribution in [0.3, 0.4) is 0 Å². The van der Waals surface area contributed by atoms with Crippen LogP contribution in [0.2, 0.25) is 0 Å². The number of ether oxygens (including phenoxy) is 1. The molecule has 106 valence electrons. The first kappa shape index (κ1) is 15.1. The third kappa shape index (κ3) is 2.74. The van der Waals surface area contributed by atoms with Crippen LogP contribution in [0.1, 0.15) is 0 Å². The number of fused-ring (bicyclic) bond motifs is 1. The maximum atomic E-state index is 13.5. The van der Waals surface area contributed by atoms with Crippen LogP contribution in [-0.2, 0) is 4.79 Å². The molecule has 0 aliphatic rings. The summed E-state index contributed by atoms with van der Waals surface area (Å²) >= 11 is 6.39. The highest BCUT2D eigenvalue weighted by molar-refractivity contribution is 9.11. The lowest BCUT2D eigenvalue weighted by atomic mass is 10.2. The lowest BCUT2D eigenvalue weighted by Gasteiger charge is -2.18. The Morgan fingerprint density at radius 2 is 2.10 bits per heavy atom. The molecule has 0 spiro atoms. The van der Waals surface area contributed by atoms with E-state index in [4.69, 9.17) is 5.84 Å². The fraction of sp³-hybridized carbons (Fsp3) is 0.0909. The van der Waals surface area contributed by atoms with E-state index in [-0.39, 0.29) is 15.7 Å². The number of carbonyl (C=O) groups excluding carboxylic acids is 1. The molecule has 3 N–H and O–H groups in total. The Hall–Kier alpha value is -1.32. The third-order valence-corrected chi connectivity index (χ3v) is 3.62. The van der Waals surface area contributed by atoms with Crippen LogP contribution in [0.5, 0.6) is 5.75 Å². The highest BCUT2D eigenvalue weighted by Gasteiger charge is 2.43. The third-order valence-electron chi connectivity index (χ3n) is 2.38. The van der Waals surface area contributed by atoms with Crippen molar-refractivity contribution in [1.29, 1.82) is 0 Å². The number of nitrogens with zero attached hydrogens (tertiary/aromatic N) is 1. The number of alkyl halides is 2. The first-order valence-electron chi connectivity index (χ1n) is 5.17.